The average Bonchev–Trinajstić information content (AvgIpc) is 3.44. The molecule has 0 bridgehead atoms. The van der Waals surface area contributed by atoms with E-state index in [1.54, 1.807) is 7.11 Å². The number of rotatable bonds is 7. The van der Waals surface area contributed by atoms with Crippen LogP contribution in [0.2, 0.25) is 0 Å². The molecule has 1 aliphatic carbocycles. The molecule has 3 rings (SSSR count). The quantitative estimate of drug-likeness (QED) is 0.600. The fourth-order valence-corrected chi connectivity index (χ4v) is 3.63. The maximum absolute atomic E-state index is 6.07. The molecule has 0 aromatic heterocycles. The standard InChI is InChI=1S/C21H33N3O2/c1-4-22-20(23-16-21(9-10-21)11-13-25-3)24-12-14-26-19(15-24)18-8-6-5-7-17(18)2/h5-8,19H,4,9-16H2,1-3H3,(H,22,23). The molecule has 0 spiro atoms. The molecule has 2 fully saturated rings. The molecule has 1 aromatic rings. The lowest BCUT2D eigenvalue weighted by atomic mass is 10.0. The Kier molecular flexibility index (Phi) is 6.54. The summed E-state index contributed by atoms with van der Waals surface area (Å²) in [6.45, 7) is 9.37. The fraction of sp³-hybridized carbons (Fsp3) is 0.667. The van der Waals surface area contributed by atoms with Crippen molar-refractivity contribution in [3.05, 3.63) is 35.4 Å². The highest BCUT2D eigenvalue weighted by atomic mass is 16.5. The average molecular weight is 360 g/mol. The number of benzene rings is 1. The molecule has 26 heavy (non-hydrogen) atoms. The second-order valence-electron chi connectivity index (χ2n) is 7.58. The molecule has 5 heteroatoms. The minimum Gasteiger partial charge on any atom is -0.385 e. The number of nitrogens with one attached hydrogen (secondary N) is 1. The van der Waals surface area contributed by atoms with E-state index >= 15 is 0 Å². The van der Waals surface area contributed by atoms with Crippen LogP contribution in [0, 0.1) is 12.3 Å². The number of hydrogen-bond acceptors (Lipinski definition) is 3. The first-order valence-corrected chi connectivity index (χ1v) is 9.87. The summed E-state index contributed by atoms with van der Waals surface area (Å²) in [7, 11) is 1.78. The normalized spacial score (nSPS) is 22.3. The highest BCUT2D eigenvalue weighted by Crippen LogP contribution is 2.49. The molecule has 1 atom stereocenters. The Balaban J connectivity index is 1.67. The van der Waals surface area contributed by atoms with Crippen LogP contribution in [0.4, 0.5) is 0 Å². The lowest BCUT2D eigenvalue weighted by Gasteiger charge is -2.36. The van der Waals surface area contributed by atoms with E-state index in [9.17, 15) is 0 Å². The van der Waals surface area contributed by atoms with E-state index in [1.165, 1.54) is 24.0 Å². The Bertz CT molecular complexity index is 613. The lowest BCUT2D eigenvalue weighted by Crippen LogP contribution is -2.48. The number of aryl methyl sites for hydroxylation is 1. The maximum Gasteiger partial charge on any atom is 0.194 e. The minimum atomic E-state index is 0.109. The number of hydrogen-bond donors (Lipinski definition) is 1. The van der Waals surface area contributed by atoms with Gasteiger partial charge in [-0.25, -0.2) is 0 Å². The van der Waals surface area contributed by atoms with Crippen LogP contribution < -0.4 is 5.32 Å². The van der Waals surface area contributed by atoms with Gasteiger partial charge in [-0.1, -0.05) is 24.3 Å². The number of nitrogens with zero attached hydrogens (tertiary/aromatic N) is 2. The SMILES string of the molecule is CCNC(=NCC1(CCOC)CC1)N1CCOC(c2ccccc2C)C1. The molecule has 1 aromatic carbocycles. The van der Waals surface area contributed by atoms with E-state index in [-0.39, 0.29) is 6.10 Å². The first kappa shape index (κ1) is 19.2. The highest BCUT2D eigenvalue weighted by Gasteiger charge is 2.42. The van der Waals surface area contributed by atoms with E-state index < -0.39 is 0 Å². The Morgan fingerprint density at radius 3 is 2.88 bits per heavy atom. The number of guanidine groups is 1. The molecule has 1 aliphatic heterocycles. The second-order valence-corrected chi connectivity index (χ2v) is 7.58. The summed E-state index contributed by atoms with van der Waals surface area (Å²) in [6, 6.07) is 8.51. The minimum absolute atomic E-state index is 0.109. The van der Waals surface area contributed by atoms with E-state index in [1.807, 2.05) is 0 Å². The summed E-state index contributed by atoms with van der Waals surface area (Å²) in [4.78, 5) is 7.35. The third kappa shape index (κ3) is 4.77. The number of aliphatic imine (C=N–C) groups is 1. The Hall–Kier alpha value is -1.59. The molecule has 1 N–H and O–H groups in total. The molecule has 1 unspecified atom stereocenters. The van der Waals surface area contributed by atoms with Crippen molar-refractivity contribution in [1.29, 1.82) is 0 Å². The van der Waals surface area contributed by atoms with Gasteiger partial charge in [-0.05, 0) is 49.7 Å². The Morgan fingerprint density at radius 2 is 2.19 bits per heavy atom. The van der Waals surface area contributed by atoms with Crippen LogP contribution in [0.25, 0.3) is 0 Å². The Morgan fingerprint density at radius 1 is 1.38 bits per heavy atom. The van der Waals surface area contributed by atoms with Crippen LogP contribution in [-0.4, -0.2) is 57.4 Å². The van der Waals surface area contributed by atoms with Crippen LogP contribution in [0.5, 0.6) is 0 Å². The van der Waals surface area contributed by atoms with Crippen molar-refractivity contribution in [3.8, 4) is 0 Å². The predicted octanol–water partition coefficient (Wildman–Crippen LogP) is 3.15. The van der Waals surface area contributed by atoms with Crippen LogP contribution in [0.3, 0.4) is 0 Å². The van der Waals surface area contributed by atoms with E-state index in [0.29, 0.717) is 5.41 Å². The summed E-state index contributed by atoms with van der Waals surface area (Å²) in [6.07, 6.45) is 3.77. The van der Waals surface area contributed by atoms with Crippen LogP contribution in [0.1, 0.15) is 43.4 Å². The van der Waals surface area contributed by atoms with Gasteiger partial charge in [0.1, 0.15) is 6.10 Å². The van der Waals surface area contributed by atoms with Crippen LogP contribution >= 0.6 is 0 Å². The summed E-state index contributed by atoms with van der Waals surface area (Å²) in [5, 5.41) is 3.48. The second kappa shape index (κ2) is 8.87. The van der Waals surface area contributed by atoms with Gasteiger partial charge in [0.05, 0.1) is 13.2 Å². The van der Waals surface area contributed by atoms with Crippen molar-refractivity contribution in [2.24, 2.45) is 10.4 Å². The predicted molar refractivity (Wildman–Crippen MR) is 106 cm³/mol. The highest BCUT2D eigenvalue weighted by molar-refractivity contribution is 5.80. The van der Waals surface area contributed by atoms with Gasteiger partial charge in [-0.2, -0.15) is 0 Å². The topological polar surface area (TPSA) is 46.1 Å². The number of ether oxygens (including phenoxy) is 2. The van der Waals surface area contributed by atoms with Gasteiger partial charge in [-0.3, -0.25) is 4.99 Å². The summed E-state index contributed by atoms with van der Waals surface area (Å²) >= 11 is 0. The fourth-order valence-electron chi connectivity index (χ4n) is 3.63. The Labute approximate surface area is 157 Å². The van der Waals surface area contributed by atoms with Crippen LogP contribution in [0.15, 0.2) is 29.3 Å². The smallest absolute Gasteiger partial charge is 0.194 e. The molecule has 2 aliphatic rings. The van der Waals surface area contributed by atoms with Gasteiger partial charge < -0.3 is 19.7 Å². The van der Waals surface area contributed by atoms with Gasteiger partial charge >= 0.3 is 0 Å². The summed E-state index contributed by atoms with van der Waals surface area (Å²) in [5.41, 5.74) is 2.95. The van der Waals surface area contributed by atoms with Crippen molar-refractivity contribution in [2.45, 2.75) is 39.2 Å². The summed E-state index contributed by atoms with van der Waals surface area (Å²) in [5.74, 6) is 1.03. The van der Waals surface area contributed by atoms with Crippen molar-refractivity contribution in [2.75, 3.05) is 46.5 Å². The van der Waals surface area contributed by atoms with Gasteiger partial charge in [0, 0.05) is 33.4 Å². The molecule has 0 amide bonds. The van der Waals surface area contributed by atoms with Crippen molar-refractivity contribution < 1.29 is 9.47 Å². The molecule has 5 nitrogen and oxygen atoms in total. The third-order valence-corrected chi connectivity index (χ3v) is 5.59. The van der Waals surface area contributed by atoms with Gasteiger partial charge in [0.25, 0.3) is 0 Å². The summed E-state index contributed by atoms with van der Waals surface area (Å²) < 4.78 is 11.3. The molecular weight excluding hydrogens is 326 g/mol. The van der Waals surface area contributed by atoms with E-state index in [2.05, 4.69) is 48.3 Å². The first-order chi connectivity index (χ1) is 12.7. The largest absolute Gasteiger partial charge is 0.385 e. The zero-order chi connectivity index (χ0) is 18.4. The zero-order valence-corrected chi connectivity index (χ0v) is 16.5. The van der Waals surface area contributed by atoms with Gasteiger partial charge in [0.2, 0.25) is 0 Å². The lowest BCUT2D eigenvalue weighted by molar-refractivity contribution is -0.00836. The first-order valence-electron chi connectivity index (χ1n) is 9.87. The van der Waals surface area contributed by atoms with Crippen molar-refractivity contribution in [3.63, 3.8) is 0 Å². The molecule has 1 heterocycles. The van der Waals surface area contributed by atoms with Crippen molar-refractivity contribution >= 4 is 5.96 Å². The molecule has 1 saturated heterocycles. The maximum atomic E-state index is 6.07. The zero-order valence-electron chi connectivity index (χ0n) is 16.5. The van der Waals surface area contributed by atoms with Gasteiger partial charge in [-0.15, -0.1) is 0 Å². The van der Waals surface area contributed by atoms with Crippen LogP contribution in [-0.2, 0) is 9.47 Å². The molecular formula is C21H33N3O2. The van der Waals surface area contributed by atoms with E-state index in [4.69, 9.17) is 14.5 Å². The third-order valence-electron chi connectivity index (χ3n) is 5.59. The van der Waals surface area contributed by atoms with Crippen molar-refractivity contribution in [1.82, 2.24) is 10.2 Å². The molecule has 144 valence electrons. The monoisotopic (exact) mass is 359 g/mol. The number of morpholine rings is 1. The van der Waals surface area contributed by atoms with Gasteiger partial charge in [0.15, 0.2) is 5.96 Å². The molecule has 0 radical (unpaired) electrons. The number of methoxy groups -OCH3 is 1. The van der Waals surface area contributed by atoms with E-state index in [0.717, 1.165) is 51.8 Å². The molecule has 1 saturated carbocycles.